The molecule has 27 heavy (non-hydrogen) atoms. The van der Waals surface area contributed by atoms with Crippen LogP contribution in [0.1, 0.15) is 29.6 Å². The summed E-state index contributed by atoms with van der Waals surface area (Å²) in [4.78, 5) is 48.3. The van der Waals surface area contributed by atoms with Crippen LogP contribution in [0, 0.1) is 6.92 Å². The fourth-order valence-corrected chi connectivity index (χ4v) is 4.05. The quantitative estimate of drug-likeness (QED) is 0.705. The van der Waals surface area contributed by atoms with Crippen molar-refractivity contribution < 1.29 is 9.59 Å². The Hall–Kier alpha value is -2.96. The monoisotopic (exact) mass is 366 g/mol. The van der Waals surface area contributed by atoms with Crippen molar-refractivity contribution in [3.05, 3.63) is 57.3 Å². The predicted octanol–water partition coefficient (Wildman–Crippen LogP) is 0.983. The SMILES string of the molecule is Cc1nc2c(c(=O)[nH]1)CCN(C(=O)C(=O)N1c3ccccc3C[C@H]1C)CC2. The number of aromatic nitrogens is 2. The highest BCUT2D eigenvalue weighted by atomic mass is 16.2. The van der Waals surface area contributed by atoms with Crippen molar-refractivity contribution in [1.82, 2.24) is 14.9 Å². The lowest BCUT2D eigenvalue weighted by atomic mass is 10.1. The van der Waals surface area contributed by atoms with Crippen LogP contribution in [0.5, 0.6) is 0 Å². The fourth-order valence-electron chi connectivity index (χ4n) is 4.05. The van der Waals surface area contributed by atoms with Gasteiger partial charge >= 0.3 is 11.8 Å². The number of hydrogen-bond acceptors (Lipinski definition) is 4. The van der Waals surface area contributed by atoms with E-state index < -0.39 is 11.8 Å². The maximum atomic E-state index is 13.0. The normalized spacial score (nSPS) is 18.7. The second-order valence-electron chi connectivity index (χ2n) is 7.23. The molecule has 7 heteroatoms. The number of aryl methyl sites for hydroxylation is 1. The highest BCUT2D eigenvalue weighted by Gasteiger charge is 2.36. The van der Waals surface area contributed by atoms with E-state index in [1.165, 1.54) is 0 Å². The smallest absolute Gasteiger partial charge is 0.316 e. The summed E-state index contributed by atoms with van der Waals surface area (Å²) in [5.74, 6) is -0.451. The van der Waals surface area contributed by atoms with Gasteiger partial charge in [-0.3, -0.25) is 14.4 Å². The van der Waals surface area contributed by atoms with Gasteiger partial charge < -0.3 is 14.8 Å². The minimum absolute atomic E-state index is 0.0461. The number of fused-ring (bicyclic) bond motifs is 2. The Kier molecular flexibility index (Phi) is 4.30. The van der Waals surface area contributed by atoms with Gasteiger partial charge in [-0.05, 0) is 38.3 Å². The summed E-state index contributed by atoms with van der Waals surface area (Å²) in [5.41, 5.74) is 3.08. The summed E-state index contributed by atoms with van der Waals surface area (Å²) in [6.45, 7) is 4.42. The summed E-state index contributed by atoms with van der Waals surface area (Å²) in [6.07, 6.45) is 1.63. The van der Waals surface area contributed by atoms with E-state index in [4.69, 9.17) is 0 Å². The summed E-state index contributed by atoms with van der Waals surface area (Å²) < 4.78 is 0. The number of H-pyrrole nitrogens is 1. The van der Waals surface area contributed by atoms with Gasteiger partial charge in [0.2, 0.25) is 0 Å². The van der Waals surface area contributed by atoms with Gasteiger partial charge in [0.05, 0.1) is 5.69 Å². The number of amides is 2. The Balaban J connectivity index is 1.55. The number of anilines is 1. The second kappa shape index (κ2) is 6.64. The van der Waals surface area contributed by atoms with E-state index in [0.717, 1.165) is 23.4 Å². The van der Waals surface area contributed by atoms with E-state index in [-0.39, 0.29) is 11.6 Å². The van der Waals surface area contributed by atoms with Gasteiger partial charge in [-0.1, -0.05) is 18.2 Å². The average molecular weight is 366 g/mol. The van der Waals surface area contributed by atoms with Crippen LogP contribution in [0.2, 0.25) is 0 Å². The fraction of sp³-hybridized carbons (Fsp3) is 0.400. The first-order chi connectivity index (χ1) is 13.0. The molecule has 1 atom stereocenters. The summed E-state index contributed by atoms with van der Waals surface area (Å²) >= 11 is 0. The first-order valence-corrected chi connectivity index (χ1v) is 9.24. The summed E-state index contributed by atoms with van der Waals surface area (Å²) in [7, 11) is 0. The molecular weight excluding hydrogens is 344 g/mol. The van der Waals surface area contributed by atoms with Crippen molar-refractivity contribution >= 4 is 17.5 Å². The van der Waals surface area contributed by atoms with Gasteiger partial charge in [-0.25, -0.2) is 4.98 Å². The van der Waals surface area contributed by atoms with Crippen LogP contribution < -0.4 is 10.5 Å². The van der Waals surface area contributed by atoms with Crippen molar-refractivity contribution in [2.24, 2.45) is 0 Å². The standard InChI is InChI=1S/C20H22N4O3/c1-12-11-14-5-3-4-6-17(14)24(12)20(27)19(26)23-9-7-15-16(8-10-23)21-13(2)22-18(15)25/h3-6,12H,7-11H2,1-2H3,(H,21,22,25)/t12-/m1/s1. The van der Waals surface area contributed by atoms with E-state index in [1.807, 2.05) is 31.2 Å². The van der Waals surface area contributed by atoms with Crippen LogP contribution in [0.15, 0.2) is 29.1 Å². The van der Waals surface area contributed by atoms with E-state index in [1.54, 1.807) is 16.7 Å². The number of carbonyl (C=O) groups is 2. The molecule has 0 saturated carbocycles. The first kappa shape index (κ1) is 17.5. The first-order valence-electron chi connectivity index (χ1n) is 9.24. The van der Waals surface area contributed by atoms with Crippen LogP contribution in [0.4, 0.5) is 5.69 Å². The Morgan fingerprint density at radius 2 is 1.89 bits per heavy atom. The molecule has 0 radical (unpaired) electrons. The molecule has 0 spiro atoms. The highest BCUT2D eigenvalue weighted by Crippen LogP contribution is 2.32. The molecule has 2 aromatic rings. The Morgan fingerprint density at radius 1 is 1.15 bits per heavy atom. The summed E-state index contributed by atoms with van der Waals surface area (Å²) in [6, 6.07) is 7.65. The molecule has 140 valence electrons. The maximum Gasteiger partial charge on any atom is 0.316 e. The van der Waals surface area contributed by atoms with Crippen LogP contribution in [0.25, 0.3) is 0 Å². The van der Waals surface area contributed by atoms with Crippen molar-refractivity contribution in [2.75, 3.05) is 18.0 Å². The zero-order valence-corrected chi connectivity index (χ0v) is 15.5. The molecule has 2 aliphatic rings. The Morgan fingerprint density at radius 3 is 2.70 bits per heavy atom. The lowest BCUT2D eigenvalue weighted by Crippen LogP contribution is -2.48. The zero-order chi connectivity index (χ0) is 19.1. The molecule has 1 aromatic carbocycles. The summed E-state index contributed by atoms with van der Waals surface area (Å²) in [5, 5.41) is 0. The van der Waals surface area contributed by atoms with E-state index in [0.29, 0.717) is 37.3 Å². The molecule has 2 aliphatic heterocycles. The van der Waals surface area contributed by atoms with Gasteiger partial charge in [0, 0.05) is 36.8 Å². The molecule has 7 nitrogen and oxygen atoms in total. The largest absolute Gasteiger partial charge is 0.334 e. The molecule has 0 bridgehead atoms. The molecule has 1 aromatic heterocycles. The van der Waals surface area contributed by atoms with Gasteiger partial charge in [0.15, 0.2) is 0 Å². The minimum atomic E-state index is -0.514. The van der Waals surface area contributed by atoms with Gasteiger partial charge in [-0.15, -0.1) is 0 Å². The molecule has 0 saturated heterocycles. The molecule has 0 fully saturated rings. The number of hydrogen-bond donors (Lipinski definition) is 1. The van der Waals surface area contributed by atoms with E-state index >= 15 is 0 Å². The Bertz CT molecular complexity index is 981. The van der Waals surface area contributed by atoms with Crippen LogP contribution in [-0.4, -0.2) is 45.8 Å². The molecule has 1 N–H and O–H groups in total. The lowest BCUT2D eigenvalue weighted by Gasteiger charge is -2.26. The van der Waals surface area contributed by atoms with Crippen molar-refractivity contribution in [3.63, 3.8) is 0 Å². The molecule has 0 unspecified atom stereocenters. The van der Waals surface area contributed by atoms with Crippen LogP contribution >= 0.6 is 0 Å². The molecule has 2 amide bonds. The van der Waals surface area contributed by atoms with Crippen molar-refractivity contribution in [3.8, 4) is 0 Å². The lowest BCUT2D eigenvalue weighted by molar-refractivity contribution is -0.144. The third-order valence-electron chi connectivity index (χ3n) is 5.37. The van der Waals surface area contributed by atoms with Gasteiger partial charge in [-0.2, -0.15) is 0 Å². The number of rotatable bonds is 0. The maximum absolute atomic E-state index is 13.0. The highest BCUT2D eigenvalue weighted by molar-refractivity contribution is 6.40. The number of nitrogens with zero attached hydrogens (tertiary/aromatic N) is 3. The van der Waals surface area contributed by atoms with Crippen LogP contribution in [-0.2, 0) is 28.9 Å². The third kappa shape index (κ3) is 3.03. The molecule has 4 rings (SSSR count). The predicted molar refractivity (Wildman–Crippen MR) is 101 cm³/mol. The zero-order valence-electron chi connectivity index (χ0n) is 15.5. The van der Waals surface area contributed by atoms with Crippen molar-refractivity contribution in [2.45, 2.75) is 39.2 Å². The molecule has 0 aliphatic carbocycles. The number of para-hydroxylation sites is 1. The second-order valence-corrected chi connectivity index (χ2v) is 7.23. The van der Waals surface area contributed by atoms with Gasteiger partial charge in [0.1, 0.15) is 5.82 Å². The van der Waals surface area contributed by atoms with E-state index in [9.17, 15) is 14.4 Å². The van der Waals surface area contributed by atoms with Crippen LogP contribution in [0.3, 0.4) is 0 Å². The molecule has 3 heterocycles. The average Bonchev–Trinajstić information content (AvgIpc) is 2.82. The number of benzene rings is 1. The number of carbonyl (C=O) groups excluding carboxylic acids is 2. The number of aromatic amines is 1. The van der Waals surface area contributed by atoms with E-state index in [2.05, 4.69) is 9.97 Å². The Labute approximate surface area is 157 Å². The minimum Gasteiger partial charge on any atom is -0.334 e. The third-order valence-corrected chi connectivity index (χ3v) is 5.37. The number of nitrogens with one attached hydrogen (secondary N) is 1. The topological polar surface area (TPSA) is 86.4 Å². The van der Waals surface area contributed by atoms with Crippen molar-refractivity contribution in [1.29, 1.82) is 0 Å². The molecular formula is C20H22N4O3. The van der Waals surface area contributed by atoms with Gasteiger partial charge in [0.25, 0.3) is 5.56 Å².